The third-order valence-corrected chi connectivity index (χ3v) is 3.51. The van der Waals surface area contributed by atoms with Gasteiger partial charge in [0.1, 0.15) is 0 Å². The normalized spacial score (nSPS) is 12.5. The van der Waals surface area contributed by atoms with Crippen molar-refractivity contribution >= 4 is 29.9 Å². The molecule has 1 aromatic carbocycles. The number of halogens is 2. The smallest absolute Gasteiger partial charge is 0.230 e. The number of carbonyl (C=O) groups excluding carboxylic acids is 1. The number of amides is 1. The molecule has 108 valence electrons. The Hall–Kier alpha value is -0.770. The second-order valence-corrected chi connectivity index (χ2v) is 5.41. The van der Waals surface area contributed by atoms with Crippen molar-refractivity contribution in [1.82, 2.24) is 10.6 Å². The van der Waals surface area contributed by atoms with Crippen LogP contribution in [-0.2, 0) is 10.2 Å². The van der Waals surface area contributed by atoms with E-state index in [0.29, 0.717) is 11.6 Å². The number of carbonyl (C=O) groups is 1. The molecule has 0 heterocycles. The van der Waals surface area contributed by atoms with E-state index in [1.807, 2.05) is 52.1 Å². The average Bonchev–Trinajstić information content (AvgIpc) is 2.35. The average molecular weight is 305 g/mol. The minimum Gasteiger partial charge on any atom is -0.354 e. The maximum Gasteiger partial charge on any atom is 0.230 e. The van der Waals surface area contributed by atoms with Gasteiger partial charge in [-0.15, -0.1) is 12.4 Å². The fourth-order valence-corrected chi connectivity index (χ4v) is 2.03. The second-order valence-electron chi connectivity index (χ2n) is 5.00. The zero-order chi connectivity index (χ0) is 13.8. The Kier molecular flexibility index (Phi) is 7.42. The highest BCUT2D eigenvalue weighted by Gasteiger charge is 2.31. The van der Waals surface area contributed by atoms with Crippen LogP contribution in [0, 0.1) is 0 Å². The van der Waals surface area contributed by atoms with Crippen molar-refractivity contribution < 1.29 is 4.79 Å². The lowest BCUT2D eigenvalue weighted by Gasteiger charge is -2.26. The van der Waals surface area contributed by atoms with E-state index in [2.05, 4.69) is 10.6 Å². The van der Waals surface area contributed by atoms with Crippen LogP contribution in [-0.4, -0.2) is 25.5 Å². The lowest BCUT2D eigenvalue weighted by Crippen LogP contribution is -2.45. The van der Waals surface area contributed by atoms with Gasteiger partial charge in [-0.2, -0.15) is 0 Å². The Balaban J connectivity index is 0.00000324. The molecule has 1 unspecified atom stereocenters. The van der Waals surface area contributed by atoms with Crippen LogP contribution in [0.15, 0.2) is 24.3 Å². The summed E-state index contributed by atoms with van der Waals surface area (Å²) in [5.41, 5.74) is 0.215. The molecule has 2 N–H and O–H groups in total. The van der Waals surface area contributed by atoms with Crippen molar-refractivity contribution in [1.29, 1.82) is 0 Å². The lowest BCUT2D eigenvalue weighted by molar-refractivity contribution is -0.125. The topological polar surface area (TPSA) is 41.1 Å². The molecule has 0 saturated heterocycles. The van der Waals surface area contributed by atoms with E-state index in [0.717, 1.165) is 5.56 Å². The summed E-state index contributed by atoms with van der Waals surface area (Å²) in [4.78, 5) is 12.2. The second kappa shape index (κ2) is 7.73. The molecular formula is C14H22Cl2N2O. The highest BCUT2D eigenvalue weighted by atomic mass is 35.5. The molecular weight excluding hydrogens is 283 g/mol. The zero-order valence-electron chi connectivity index (χ0n) is 11.8. The van der Waals surface area contributed by atoms with Gasteiger partial charge in [0, 0.05) is 17.6 Å². The number of likely N-dealkylation sites (N-methyl/N-ethyl adjacent to an activating group) is 1. The first-order chi connectivity index (χ1) is 8.39. The third-order valence-electron chi connectivity index (χ3n) is 3.18. The summed E-state index contributed by atoms with van der Waals surface area (Å²) in [5.74, 6) is -0.0160. The van der Waals surface area contributed by atoms with E-state index in [1.54, 1.807) is 0 Å². The van der Waals surface area contributed by atoms with Crippen LogP contribution < -0.4 is 10.6 Å². The summed E-state index contributed by atoms with van der Waals surface area (Å²) >= 11 is 6.15. The van der Waals surface area contributed by atoms with Gasteiger partial charge in [-0.1, -0.05) is 29.8 Å². The summed E-state index contributed by atoms with van der Waals surface area (Å²) in [6, 6.07) is 7.71. The van der Waals surface area contributed by atoms with Gasteiger partial charge >= 0.3 is 0 Å². The Bertz CT molecular complexity index is 422. The number of hydrogen-bond acceptors (Lipinski definition) is 2. The summed E-state index contributed by atoms with van der Waals surface area (Å²) in [6.07, 6.45) is 0. The highest BCUT2D eigenvalue weighted by molar-refractivity contribution is 6.31. The molecule has 5 heteroatoms. The van der Waals surface area contributed by atoms with Gasteiger partial charge in [-0.05, 0) is 39.4 Å². The zero-order valence-corrected chi connectivity index (χ0v) is 13.4. The van der Waals surface area contributed by atoms with E-state index in [4.69, 9.17) is 11.6 Å². The molecule has 0 aliphatic heterocycles. The predicted molar refractivity (Wildman–Crippen MR) is 83.3 cm³/mol. The van der Waals surface area contributed by atoms with E-state index < -0.39 is 5.41 Å². The first kappa shape index (κ1) is 18.2. The largest absolute Gasteiger partial charge is 0.354 e. The van der Waals surface area contributed by atoms with Crippen LogP contribution in [0.4, 0.5) is 0 Å². The standard InChI is InChI=1S/C14H21ClN2O.ClH/c1-10(16-4)9-17-13(18)14(2,3)11-7-5-6-8-12(11)15;/h5-8,10,16H,9H2,1-4H3,(H,17,18);1H. The Morgan fingerprint density at radius 2 is 1.95 bits per heavy atom. The van der Waals surface area contributed by atoms with Crippen LogP contribution in [0.25, 0.3) is 0 Å². The maximum atomic E-state index is 12.2. The van der Waals surface area contributed by atoms with Crippen LogP contribution in [0.1, 0.15) is 26.3 Å². The van der Waals surface area contributed by atoms with E-state index in [9.17, 15) is 4.79 Å². The van der Waals surface area contributed by atoms with Gasteiger partial charge < -0.3 is 10.6 Å². The summed E-state index contributed by atoms with van der Waals surface area (Å²) in [7, 11) is 1.87. The molecule has 0 saturated carbocycles. The van der Waals surface area contributed by atoms with Gasteiger partial charge in [0.25, 0.3) is 0 Å². The molecule has 0 fully saturated rings. The monoisotopic (exact) mass is 304 g/mol. The number of rotatable bonds is 5. The van der Waals surface area contributed by atoms with Crippen LogP contribution >= 0.6 is 24.0 Å². The van der Waals surface area contributed by atoms with Crippen molar-refractivity contribution in [3.8, 4) is 0 Å². The molecule has 0 aromatic heterocycles. The van der Waals surface area contributed by atoms with Gasteiger partial charge in [0.05, 0.1) is 5.41 Å². The number of nitrogens with one attached hydrogen (secondary N) is 2. The molecule has 1 rings (SSSR count). The van der Waals surface area contributed by atoms with Gasteiger partial charge in [-0.25, -0.2) is 0 Å². The fraction of sp³-hybridized carbons (Fsp3) is 0.500. The van der Waals surface area contributed by atoms with Crippen LogP contribution in [0.5, 0.6) is 0 Å². The molecule has 0 radical (unpaired) electrons. The van der Waals surface area contributed by atoms with E-state index in [1.165, 1.54) is 0 Å². The molecule has 3 nitrogen and oxygen atoms in total. The fourth-order valence-electron chi connectivity index (χ4n) is 1.66. The molecule has 1 atom stereocenters. The quantitative estimate of drug-likeness (QED) is 0.878. The van der Waals surface area contributed by atoms with Crippen molar-refractivity contribution in [2.45, 2.75) is 32.2 Å². The Labute approximate surface area is 126 Å². The van der Waals surface area contributed by atoms with Crippen molar-refractivity contribution in [3.05, 3.63) is 34.9 Å². The first-order valence-corrected chi connectivity index (χ1v) is 6.48. The van der Waals surface area contributed by atoms with Gasteiger partial charge in [-0.3, -0.25) is 4.79 Å². The van der Waals surface area contributed by atoms with Gasteiger partial charge in [0.15, 0.2) is 0 Å². The van der Waals surface area contributed by atoms with Crippen molar-refractivity contribution in [2.24, 2.45) is 0 Å². The predicted octanol–water partition coefficient (Wildman–Crippen LogP) is 2.76. The first-order valence-electron chi connectivity index (χ1n) is 6.10. The SMILES string of the molecule is CNC(C)CNC(=O)C(C)(C)c1ccccc1Cl.Cl. The van der Waals surface area contributed by atoms with Crippen LogP contribution in [0.3, 0.4) is 0 Å². The molecule has 19 heavy (non-hydrogen) atoms. The lowest BCUT2D eigenvalue weighted by atomic mass is 9.83. The van der Waals surface area contributed by atoms with Gasteiger partial charge in [0.2, 0.25) is 5.91 Å². The summed E-state index contributed by atoms with van der Waals surface area (Å²) < 4.78 is 0. The Morgan fingerprint density at radius 1 is 1.37 bits per heavy atom. The Morgan fingerprint density at radius 3 is 2.47 bits per heavy atom. The minimum absolute atomic E-state index is 0. The summed E-state index contributed by atoms with van der Waals surface area (Å²) in [6.45, 7) is 6.38. The number of benzene rings is 1. The molecule has 1 amide bonds. The van der Waals surface area contributed by atoms with Crippen molar-refractivity contribution in [3.63, 3.8) is 0 Å². The van der Waals surface area contributed by atoms with E-state index in [-0.39, 0.29) is 24.4 Å². The molecule has 0 aliphatic carbocycles. The van der Waals surface area contributed by atoms with Crippen LogP contribution in [0.2, 0.25) is 5.02 Å². The minimum atomic E-state index is -0.633. The number of hydrogen-bond donors (Lipinski definition) is 2. The van der Waals surface area contributed by atoms with E-state index >= 15 is 0 Å². The molecule has 1 aromatic rings. The highest BCUT2D eigenvalue weighted by Crippen LogP contribution is 2.29. The van der Waals surface area contributed by atoms with Crippen molar-refractivity contribution in [2.75, 3.05) is 13.6 Å². The molecule has 0 aliphatic rings. The summed E-state index contributed by atoms with van der Waals surface area (Å²) in [5, 5.41) is 6.65. The third kappa shape index (κ3) is 4.68. The molecule has 0 spiro atoms. The molecule has 0 bridgehead atoms. The maximum absolute atomic E-state index is 12.2.